The van der Waals surface area contributed by atoms with Crippen LogP contribution in [0.3, 0.4) is 0 Å². The summed E-state index contributed by atoms with van der Waals surface area (Å²) in [5.41, 5.74) is 0.645. The highest BCUT2D eigenvalue weighted by Crippen LogP contribution is 2.18. The topological polar surface area (TPSA) is 29.5 Å². The van der Waals surface area contributed by atoms with Crippen molar-refractivity contribution in [2.24, 2.45) is 0 Å². The summed E-state index contributed by atoms with van der Waals surface area (Å²) in [6, 6.07) is 4.91. The van der Waals surface area contributed by atoms with Gasteiger partial charge in [0.25, 0.3) is 5.91 Å². The molecule has 0 bridgehead atoms. The van der Waals surface area contributed by atoms with Crippen molar-refractivity contribution in [2.75, 3.05) is 13.1 Å². The lowest BCUT2D eigenvalue weighted by molar-refractivity contribution is -0.0587. The van der Waals surface area contributed by atoms with E-state index in [1.807, 2.05) is 13.8 Å². The molecule has 2 unspecified atom stereocenters. The molecule has 0 saturated carbocycles. The molecule has 0 N–H and O–H groups in total. The summed E-state index contributed by atoms with van der Waals surface area (Å²) < 4.78 is 19.5. The molecule has 0 radical (unpaired) electrons. The maximum Gasteiger partial charge on any atom is 0.257 e. The van der Waals surface area contributed by atoms with Crippen molar-refractivity contribution in [1.82, 2.24) is 4.90 Å². The van der Waals surface area contributed by atoms with Crippen molar-refractivity contribution in [3.05, 3.63) is 35.1 Å². The molecular weight excluding hydrogens is 233 g/mol. The number of carbonyl (C=O) groups excluding carboxylic acids is 1. The number of carbonyl (C=O) groups is 1. The number of morpholine rings is 1. The Morgan fingerprint density at radius 2 is 1.94 bits per heavy atom. The smallest absolute Gasteiger partial charge is 0.257 e. The average molecular weight is 251 g/mol. The predicted molar refractivity (Wildman–Crippen MR) is 67.0 cm³/mol. The quantitative estimate of drug-likeness (QED) is 0.767. The fraction of sp³-hybridized carbons (Fsp3) is 0.500. The first-order valence-electron chi connectivity index (χ1n) is 6.19. The normalized spacial score (nSPS) is 24.1. The second kappa shape index (κ2) is 5.06. The molecule has 1 fully saturated rings. The van der Waals surface area contributed by atoms with E-state index in [0.29, 0.717) is 18.7 Å². The zero-order valence-electron chi connectivity index (χ0n) is 10.9. The summed E-state index contributed by atoms with van der Waals surface area (Å²) in [4.78, 5) is 14.0. The number of aryl methyl sites for hydroxylation is 1. The molecule has 1 aromatic rings. The molecule has 18 heavy (non-hydrogen) atoms. The third-order valence-corrected chi connectivity index (χ3v) is 3.13. The fourth-order valence-electron chi connectivity index (χ4n) is 2.33. The van der Waals surface area contributed by atoms with Crippen molar-refractivity contribution in [3.63, 3.8) is 0 Å². The molecule has 1 heterocycles. The van der Waals surface area contributed by atoms with E-state index in [0.717, 1.165) is 0 Å². The molecule has 1 saturated heterocycles. The summed E-state index contributed by atoms with van der Waals surface area (Å²) in [5.74, 6) is -0.674. The molecule has 0 aliphatic carbocycles. The van der Waals surface area contributed by atoms with Gasteiger partial charge < -0.3 is 9.64 Å². The lowest BCUT2D eigenvalue weighted by Crippen LogP contribution is -2.48. The van der Waals surface area contributed by atoms with Gasteiger partial charge >= 0.3 is 0 Å². The van der Waals surface area contributed by atoms with E-state index in [1.54, 1.807) is 24.0 Å². The van der Waals surface area contributed by atoms with E-state index in [2.05, 4.69) is 0 Å². The van der Waals surface area contributed by atoms with E-state index in [-0.39, 0.29) is 23.7 Å². The molecule has 1 aromatic carbocycles. The van der Waals surface area contributed by atoms with Gasteiger partial charge in [-0.15, -0.1) is 0 Å². The number of hydrogen-bond acceptors (Lipinski definition) is 2. The van der Waals surface area contributed by atoms with Crippen molar-refractivity contribution in [3.8, 4) is 0 Å². The van der Waals surface area contributed by atoms with Crippen molar-refractivity contribution in [2.45, 2.75) is 33.0 Å². The molecule has 2 atom stereocenters. The molecule has 2 rings (SSSR count). The number of nitrogens with zero attached hydrogens (tertiary/aromatic N) is 1. The largest absolute Gasteiger partial charge is 0.372 e. The van der Waals surface area contributed by atoms with Crippen LogP contribution in [0.15, 0.2) is 18.2 Å². The van der Waals surface area contributed by atoms with Gasteiger partial charge in [0.1, 0.15) is 5.82 Å². The fourth-order valence-corrected chi connectivity index (χ4v) is 2.33. The van der Waals surface area contributed by atoms with Gasteiger partial charge in [-0.3, -0.25) is 4.79 Å². The Morgan fingerprint density at radius 3 is 2.56 bits per heavy atom. The van der Waals surface area contributed by atoms with Crippen LogP contribution in [0.25, 0.3) is 0 Å². The van der Waals surface area contributed by atoms with Gasteiger partial charge in [-0.1, -0.05) is 12.1 Å². The van der Waals surface area contributed by atoms with Crippen LogP contribution in [0.2, 0.25) is 0 Å². The van der Waals surface area contributed by atoms with Crippen molar-refractivity contribution in [1.29, 1.82) is 0 Å². The Labute approximate surface area is 107 Å². The van der Waals surface area contributed by atoms with Gasteiger partial charge in [0.2, 0.25) is 0 Å². The molecule has 0 spiro atoms. The van der Waals surface area contributed by atoms with Crippen LogP contribution in [0.4, 0.5) is 4.39 Å². The lowest BCUT2D eigenvalue weighted by Gasteiger charge is -2.35. The van der Waals surface area contributed by atoms with E-state index in [1.165, 1.54) is 6.07 Å². The zero-order valence-corrected chi connectivity index (χ0v) is 10.9. The number of rotatable bonds is 1. The van der Waals surface area contributed by atoms with Gasteiger partial charge in [0, 0.05) is 13.1 Å². The van der Waals surface area contributed by atoms with Crippen LogP contribution in [-0.2, 0) is 4.74 Å². The van der Waals surface area contributed by atoms with Crippen molar-refractivity contribution < 1.29 is 13.9 Å². The minimum absolute atomic E-state index is 0.00873. The van der Waals surface area contributed by atoms with Crippen LogP contribution in [0.1, 0.15) is 29.8 Å². The Morgan fingerprint density at radius 1 is 1.33 bits per heavy atom. The van der Waals surface area contributed by atoms with Crippen LogP contribution in [-0.4, -0.2) is 36.1 Å². The number of ether oxygens (including phenoxy) is 1. The van der Waals surface area contributed by atoms with Crippen LogP contribution >= 0.6 is 0 Å². The summed E-state index contributed by atoms with van der Waals surface area (Å²) in [6.45, 7) is 6.52. The van der Waals surface area contributed by atoms with Crippen LogP contribution < -0.4 is 0 Å². The molecule has 98 valence electrons. The molecule has 0 aromatic heterocycles. The first-order chi connectivity index (χ1) is 8.49. The highest BCUT2D eigenvalue weighted by Gasteiger charge is 2.28. The summed E-state index contributed by atoms with van der Waals surface area (Å²) in [7, 11) is 0. The number of benzene rings is 1. The Kier molecular flexibility index (Phi) is 3.66. The second-order valence-corrected chi connectivity index (χ2v) is 4.90. The van der Waals surface area contributed by atoms with Crippen molar-refractivity contribution >= 4 is 5.91 Å². The molecule has 4 heteroatoms. The van der Waals surface area contributed by atoms with E-state index in [4.69, 9.17) is 4.74 Å². The highest BCUT2D eigenvalue weighted by molar-refractivity contribution is 5.94. The molecule has 1 amide bonds. The number of amides is 1. The van der Waals surface area contributed by atoms with Crippen LogP contribution in [0, 0.1) is 12.7 Å². The summed E-state index contributed by atoms with van der Waals surface area (Å²) in [6.07, 6.45) is -0.0175. The second-order valence-electron chi connectivity index (χ2n) is 4.90. The first-order valence-corrected chi connectivity index (χ1v) is 6.19. The van der Waals surface area contributed by atoms with E-state index < -0.39 is 5.82 Å². The minimum Gasteiger partial charge on any atom is -0.372 e. The third kappa shape index (κ3) is 2.53. The van der Waals surface area contributed by atoms with E-state index >= 15 is 0 Å². The minimum atomic E-state index is -0.422. The zero-order chi connectivity index (χ0) is 13.3. The Hall–Kier alpha value is -1.42. The van der Waals surface area contributed by atoms with Gasteiger partial charge in [-0.2, -0.15) is 0 Å². The highest BCUT2D eigenvalue weighted by atomic mass is 19.1. The van der Waals surface area contributed by atoms with E-state index in [9.17, 15) is 9.18 Å². The average Bonchev–Trinajstić information content (AvgIpc) is 2.30. The van der Waals surface area contributed by atoms with Gasteiger partial charge in [-0.05, 0) is 32.4 Å². The monoisotopic (exact) mass is 251 g/mol. The summed E-state index contributed by atoms with van der Waals surface area (Å²) in [5, 5.41) is 0. The Bertz CT molecular complexity index is 451. The summed E-state index contributed by atoms with van der Waals surface area (Å²) >= 11 is 0. The van der Waals surface area contributed by atoms with Gasteiger partial charge in [0.05, 0.1) is 17.8 Å². The number of hydrogen-bond donors (Lipinski definition) is 0. The maximum atomic E-state index is 13.9. The number of halogens is 1. The molecule has 1 aliphatic rings. The first kappa shape index (κ1) is 13.0. The Balaban J connectivity index is 2.23. The lowest BCUT2D eigenvalue weighted by atomic mass is 10.1. The standard InChI is InChI=1S/C14H18FNO2/c1-9-5-4-6-12(13(9)15)14(17)16-7-10(2)18-11(3)8-16/h4-6,10-11H,7-8H2,1-3H3. The van der Waals surface area contributed by atoms with Gasteiger partial charge in [-0.25, -0.2) is 4.39 Å². The van der Waals surface area contributed by atoms with Gasteiger partial charge in [0.15, 0.2) is 0 Å². The molecular formula is C14H18FNO2. The molecule has 1 aliphatic heterocycles. The molecule has 3 nitrogen and oxygen atoms in total. The maximum absolute atomic E-state index is 13.9. The third-order valence-electron chi connectivity index (χ3n) is 3.13. The predicted octanol–water partition coefficient (Wildman–Crippen LogP) is 2.38. The van der Waals surface area contributed by atoms with Crippen LogP contribution in [0.5, 0.6) is 0 Å². The SMILES string of the molecule is Cc1cccc(C(=O)N2CC(C)OC(C)C2)c1F.